The first-order valence-electron chi connectivity index (χ1n) is 4.40. The molecule has 0 radical (unpaired) electrons. The van der Waals surface area contributed by atoms with E-state index in [0.29, 0.717) is 5.57 Å². The van der Waals surface area contributed by atoms with Gasteiger partial charge in [-0.1, -0.05) is 6.07 Å². The van der Waals surface area contributed by atoms with Crippen LogP contribution in [0, 0.1) is 0 Å². The summed E-state index contributed by atoms with van der Waals surface area (Å²) >= 11 is 6.28. The summed E-state index contributed by atoms with van der Waals surface area (Å²) in [7, 11) is 0. The molecule has 0 saturated carbocycles. The molecule has 0 bridgehead atoms. The second kappa shape index (κ2) is 4.95. The lowest BCUT2D eigenvalue weighted by molar-refractivity contribution is -0.130. The fourth-order valence-corrected chi connectivity index (χ4v) is 3.33. The van der Waals surface area contributed by atoms with Gasteiger partial charge in [-0.05, 0) is 39.5 Å². The summed E-state index contributed by atoms with van der Waals surface area (Å²) in [5, 5.41) is 12.9. The van der Waals surface area contributed by atoms with Gasteiger partial charge in [0, 0.05) is 19.6 Å². The number of carbonyl (C=O) groups is 1. The molecular formula is C11H7BrO2S2. The van der Waals surface area contributed by atoms with Gasteiger partial charge in [0.15, 0.2) is 0 Å². The van der Waals surface area contributed by atoms with Crippen molar-refractivity contribution in [3.63, 3.8) is 0 Å². The maximum absolute atomic E-state index is 11.1. The summed E-state index contributed by atoms with van der Waals surface area (Å²) in [6, 6.07) is 5.57. The molecule has 2 rings (SSSR count). The minimum Gasteiger partial charge on any atom is -0.478 e. The van der Waals surface area contributed by atoms with Crippen molar-refractivity contribution in [1.29, 1.82) is 0 Å². The Kier molecular flexibility index (Phi) is 3.58. The Labute approximate surface area is 109 Å². The van der Waals surface area contributed by atoms with Gasteiger partial charge in [-0.2, -0.15) is 0 Å². The molecule has 2 nitrogen and oxygen atoms in total. The second-order valence-corrected chi connectivity index (χ2v) is 5.81. The number of rotatable bonds is 3. The zero-order valence-corrected chi connectivity index (χ0v) is 11.2. The molecule has 0 atom stereocenters. The molecule has 82 valence electrons. The quantitative estimate of drug-likeness (QED) is 0.862. The summed E-state index contributed by atoms with van der Waals surface area (Å²) in [6.07, 6.45) is 1.70. The van der Waals surface area contributed by atoms with Gasteiger partial charge in [0.1, 0.15) is 0 Å². The highest BCUT2D eigenvalue weighted by Gasteiger charge is 2.11. The predicted octanol–water partition coefficient (Wildman–Crippen LogP) is 4.20. The maximum Gasteiger partial charge on any atom is 0.337 e. The lowest BCUT2D eigenvalue weighted by Crippen LogP contribution is -1.97. The zero-order valence-electron chi connectivity index (χ0n) is 8.01. The molecule has 1 N–H and O–H groups in total. The third-order valence-electron chi connectivity index (χ3n) is 1.89. The van der Waals surface area contributed by atoms with Gasteiger partial charge in [0.05, 0.1) is 5.57 Å². The van der Waals surface area contributed by atoms with Crippen LogP contribution in [-0.2, 0) is 4.79 Å². The van der Waals surface area contributed by atoms with Gasteiger partial charge >= 0.3 is 5.97 Å². The van der Waals surface area contributed by atoms with Crippen LogP contribution in [0.5, 0.6) is 0 Å². The monoisotopic (exact) mass is 314 g/mol. The van der Waals surface area contributed by atoms with E-state index in [4.69, 9.17) is 5.11 Å². The fourth-order valence-electron chi connectivity index (χ4n) is 1.22. The highest BCUT2D eigenvalue weighted by molar-refractivity contribution is 9.10. The Bertz CT molecular complexity index is 526. The number of hydrogen-bond acceptors (Lipinski definition) is 3. The van der Waals surface area contributed by atoms with Gasteiger partial charge in [-0.25, -0.2) is 4.79 Å². The fraction of sp³-hybridized carbons (Fsp3) is 0. The number of carboxylic acid groups (broad SMARTS) is 1. The Hall–Kier alpha value is -0.910. The molecule has 0 aliphatic carbocycles. The first kappa shape index (κ1) is 11.6. The molecule has 0 spiro atoms. The van der Waals surface area contributed by atoms with Crippen LogP contribution in [0.4, 0.5) is 0 Å². The first-order valence-corrected chi connectivity index (χ1v) is 6.95. The van der Waals surface area contributed by atoms with Crippen molar-refractivity contribution in [2.75, 3.05) is 0 Å². The third-order valence-corrected chi connectivity index (χ3v) is 4.44. The Morgan fingerprint density at radius 2 is 2.25 bits per heavy atom. The van der Waals surface area contributed by atoms with Gasteiger partial charge in [-0.3, -0.25) is 0 Å². The number of aliphatic carboxylic acids is 1. The average molecular weight is 315 g/mol. The van der Waals surface area contributed by atoms with E-state index in [1.54, 1.807) is 6.08 Å². The van der Waals surface area contributed by atoms with Crippen LogP contribution in [0.15, 0.2) is 33.4 Å². The van der Waals surface area contributed by atoms with Crippen LogP contribution in [0.3, 0.4) is 0 Å². The van der Waals surface area contributed by atoms with E-state index in [1.807, 2.05) is 29.0 Å². The molecule has 2 aromatic rings. The Morgan fingerprint density at radius 1 is 1.44 bits per heavy atom. The van der Waals surface area contributed by atoms with Crippen molar-refractivity contribution in [3.05, 3.63) is 43.2 Å². The maximum atomic E-state index is 11.1. The number of halogens is 1. The molecule has 0 saturated heterocycles. The lowest BCUT2D eigenvalue weighted by Gasteiger charge is -1.97. The van der Waals surface area contributed by atoms with E-state index in [-0.39, 0.29) is 0 Å². The molecule has 0 unspecified atom stereocenters. The van der Waals surface area contributed by atoms with Crippen LogP contribution >= 0.6 is 38.6 Å². The molecule has 5 heteroatoms. The van der Waals surface area contributed by atoms with Crippen molar-refractivity contribution in [2.45, 2.75) is 0 Å². The van der Waals surface area contributed by atoms with Crippen LogP contribution in [0.2, 0.25) is 0 Å². The van der Waals surface area contributed by atoms with Crippen molar-refractivity contribution in [3.8, 4) is 0 Å². The van der Waals surface area contributed by atoms with Crippen molar-refractivity contribution in [1.82, 2.24) is 0 Å². The third kappa shape index (κ3) is 2.61. The summed E-state index contributed by atoms with van der Waals surface area (Å²) in [4.78, 5) is 12.8. The minimum absolute atomic E-state index is 0.337. The van der Waals surface area contributed by atoms with E-state index in [0.717, 1.165) is 14.2 Å². The van der Waals surface area contributed by atoms with Crippen molar-refractivity contribution in [2.24, 2.45) is 0 Å². The van der Waals surface area contributed by atoms with Crippen LogP contribution < -0.4 is 0 Å². The smallest absolute Gasteiger partial charge is 0.337 e. The molecule has 0 aliphatic heterocycles. The largest absolute Gasteiger partial charge is 0.478 e. The Morgan fingerprint density at radius 3 is 2.75 bits per heavy atom. The van der Waals surface area contributed by atoms with E-state index in [9.17, 15) is 4.79 Å². The zero-order chi connectivity index (χ0) is 11.5. The van der Waals surface area contributed by atoms with E-state index < -0.39 is 5.97 Å². The molecule has 2 aromatic heterocycles. The highest BCUT2D eigenvalue weighted by Crippen LogP contribution is 2.27. The standard InChI is InChI=1S/C11H7BrO2S2/c12-7-4-8(16-6-7)5-9(11(13)14)10-2-1-3-15-10/h1-6H,(H,13,14)/b9-5-. The van der Waals surface area contributed by atoms with Crippen LogP contribution in [0.25, 0.3) is 11.6 Å². The number of carboxylic acids is 1. The highest BCUT2D eigenvalue weighted by atomic mass is 79.9. The normalized spacial score (nSPS) is 11.7. The minimum atomic E-state index is -0.896. The van der Waals surface area contributed by atoms with E-state index >= 15 is 0 Å². The summed E-state index contributed by atoms with van der Waals surface area (Å²) in [5.74, 6) is -0.896. The predicted molar refractivity (Wildman–Crippen MR) is 71.8 cm³/mol. The molecule has 0 fully saturated rings. The molecule has 0 aliphatic rings. The SMILES string of the molecule is O=C(O)/C(=C\c1cc(Br)cs1)c1cccs1. The summed E-state index contributed by atoms with van der Waals surface area (Å²) in [6.45, 7) is 0. The summed E-state index contributed by atoms with van der Waals surface area (Å²) in [5.41, 5.74) is 0.337. The average Bonchev–Trinajstić information content (AvgIpc) is 2.84. The van der Waals surface area contributed by atoms with Gasteiger partial charge in [0.25, 0.3) is 0 Å². The van der Waals surface area contributed by atoms with Crippen molar-refractivity contribution < 1.29 is 9.90 Å². The van der Waals surface area contributed by atoms with Gasteiger partial charge in [0.2, 0.25) is 0 Å². The topological polar surface area (TPSA) is 37.3 Å². The van der Waals surface area contributed by atoms with E-state index in [1.165, 1.54) is 22.7 Å². The summed E-state index contributed by atoms with van der Waals surface area (Å²) < 4.78 is 0.972. The molecule has 0 aromatic carbocycles. The second-order valence-electron chi connectivity index (χ2n) is 3.01. The number of hydrogen-bond donors (Lipinski definition) is 1. The lowest BCUT2D eigenvalue weighted by atomic mass is 10.2. The van der Waals surface area contributed by atoms with Gasteiger partial charge < -0.3 is 5.11 Å². The molecule has 2 heterocycles. The van der Waals surface area contributed by atoms with Crippen LogP contribution in [-0.4, -0.2) is 11.1 Å². The molecule has 16 heavy (non-hydrogen) atoms. The van der Waals surface area contributed by atoms with Crippen LogP contribution in [0.1, 0.15) is 9.75 Å². The Balaban J connectivity index is 2.41. The molecular weight excluding hydrogens is 308 g/mol. The van der Waals surface area contributed by atoms with E-state index in [2.05, 4.69) is 15.9 Å². The van der Waals surface area contributed by atoms with Crippen molar-refractivity contribution >= 4 is 56.2 Å². The molecule has 0 amide bonds. The van der Waals surface area contributed by atoms with Gasteiger partial charge in [-0.15, -0.1) is 22.7 Å². The first-order chi connectivity index (χ1) is 7.66. The number of thiophene rings is 2.